The lowest BCUT2D eigenvalue weighted by Gasteiger charge is -2.11. The van der Waals surface area contributed by atoms with Crippen molar-refractivity contribution in [3.8, 4) is 56.4 Å². The molecule has 0 amide bonds. The molecule has 0 N–H and O–H groups in total. The SMILES string of the molecule is c1ccc(-c2cc(-c3ccccc3)nc(Cc3cccc4c3nc3n(-c5cccc(-n6c7ccccc7n7c8cccc(Cc9nc(-c%10ccccc%10)cc(-c%10ccccc%10)n9)c8nc67)c5)c5ccccc5n43)n2)cc1. The highest BCUT2D eigenvalue weighted by molar-refractivity contribution is 5.95. The molecule has 0 aliphatic carbocycles. The van der Waals surface area contributed by atoms with Gasteiger partial charge in [0.05, 0.1) is 78.3 Å². The summed E-state index contributed by atoms with van der Waals surface area (Å²) in [6.07, 6.45) is 1.01. The van der Waals surface area contributed by atoms with Gasteiger partial charge in [-0.05, 0) is 77.9 Å². The van der Waals surface area contributed by atoms with Gasteiger partial charge in [0.2, 0.25) is 11.6 Å². The van der Waals surface area contributed by atoms with Gasteiger partial charge in [0, 0.05) is 35.1 Å². The van der Waals surface area contributed by atoms with Gasteiger partial charge in [-0.1, -0.05) is 176 Å². The smallest absolute Gasteiger partial charge is 0.220 e. The van der Waals surface area contributed by atoms with Crippen molar-refractivity contribution in [2.45, 2.75) is 12.8 Å². The van der Waals surface area contributed by atoms with Crippen LogP contribution in [0.4, 0.5) is 0 Å². The van der Waals surface area contributed by atoms with Crippen LogP contribution in [0.5, 0.6) is 0 Å². The van der Waals surface area contributed by atoms with Gasteiger partial charge in [-0.2, -0.15) is 0 Å². The van der Waals surface area contributed by atoms with Gasteiger partial charge in [-0.15, -0.1) is 0 Å². The van der Waals surface area contributed by atoms with E-state index in [0.717, 1.165) is 135 Å². The molecule has 0 aliphatic rings. The highest BCUT2D eigenvalue weighted by Crippen LogP contribution is 2.36. The van der Waals surface area contributed by atoms with Crippen molar-refractivity contribution in [2.24, 2.45) is 0 Å². The van der Waals surface area contributed by atoms with Crippen molar-refractivity contribution in [1.29, 1.82) is 0 Å². The zero-order valence-corrected chi connectivity index (χ0v) is 41.0. The lowest BCUT2D eigenvalue weighted by molar-refractivity contribution is 0.979. The van der Waals surface area contributed by atoms with Crippen molar-refractivity contribution in [1.82, 2.24) is 47.8 Å². The van der Waals surface area contributed by atoms with Gasteiger partial charge in [0.25, 0.3) is 0 Å². The number of imidazole rings is 4. The number of nitrogens with zero attached hydrogens (tertiary/aromatic N) is 10. The molecule has 0 saturated carbocycles. The van der Waals surface area contributed by atoms with Crippen molar-refractivity contribution in [3.05, 3.63) is 265 Å². The summed E-state index contributed by atoms with van der Waals surface area (Å²) >= 11 is 0. The van der Waals surface area contributed by atoms with Crippen LogP contribution in [0.1, 0.15) is 22.8 Å². The summed E-state index contributed by atoms with van der Waals surface area (Å²) in [5.41, 5.74) is 19.9. The Morgan fingerprint density at radius 2 is 0.579 bits per heavy atom. The van der Waals surface area contributed by atoms with Gasteiger partial charge >= 0.3 is 0 Å². The normalized spacial score (nSPS) is 11.8. The quantitative estimate of drug-likeness (QED) is 0.135. The van der Waals surface area contributed by atoms with Crippen molar-refractivity contribution in [2.75, 3.05) is 0 Å². The van der Waals surface area contributed by atoms with Crippen LogP contribution in [0, 0.1) is 0 Å². The number of benzene rings is 9. The Kier molecular flexibility index (Phi) is 10.1. The molecule has 6 aromatic heterocycles. The average Bonchev–Trinajstić information content (AvgIpc) is 4.30. The molecule has 15 rings (SSSR count). The zero-order valence-electron chi connectivity index (χ0n) is 41.0. The molecule has 0 spiro atoms. The van der Waals surface area contributed by atoms with E-state index in [9.17, 15) is 0 Å². The summed E-state index contributed by atoms with van der Waals surface area (Å²) in [4.78, 5) is 31.7. The molecule has 10 nitrogen and oxygen atoms in total. The largest absolute Gasteiger partial charge is 0.278 e. The molecule has 358 valence electrons. The Morgan fingerprint density at radius 1 is 0.263 bits per heavy atom. The second-order valence-corrected chi connectivity index (χ2v) is 19.2. The summed E-state index contributed by atoms with van der Waals surface area (Å²) in [7, 11) is 0. The maximum Gasteiger partial charge on any atom is 0.220 e. The van der Waals surface area contributed by atoms with Gasteiger partial charge in [0.15, 0.2) is 0 Å². The van der Waals surface area contributed by atoms with Crippen LogP contribution in [0.15, 0.2) is 243 Å². The molecular weight excluding hydrogens is 933 g/mol. The van der Waals surface area contributed by atoms with Crippen molar-refractivity contribution >= 4 is 55.7 Å². The molecule has 0 saturated heterocycles. The van der Waals surface area contributed by atoms with E-state index in [1.54, 1.807) is 0 Å². The van der Waals surface area contributed by atoms with E-state index in [0.29, 0.717) is 12.8 Å². The summed E-state index contributed by atoms with van der Waals surface area (Å²) in [6.45, 7) is 0. The van der Waals surface area contributed by atoms with Gasteiger partial charge in [0.1, 0.15) is 11.6 Å². The monoisotopic (exact) mass is 976 g/mol. The van der Waals surface area contributed by atoms with E-state index in [2.05, 4.69) is 188 Å². The number of hydrogen-bond donors (Lipinski definition) is 0. The summed E-state index contributed by atoms with van der Waals surface area (Å²) < 4.78 is 9.12. The number of rotatable bonds is 10. The van der Waals surface area contributed by atoms with E-state index in [1.165, 1.54) is 0 Å². The zero-order chi connectivity index (χ0) is 50.1. The minimum Gasteiger partial charge on any atom is -0.278 e. The lowest BCUT2D eigenvalue weighted by Crippen LogP contribution is -2.02. The molecule has 0 bridgehead atoms. The topological polar surface area (TPSA) is 96.0 Å². The first-order valence-electron chi connectivity index (χ1n) is 25.5. The van der Waals surface area contributed by atoms with Crippen LogP contribution in [-0.4, -0.2) is 47.8 Å². The van der Waals surface area contributed by atoms with Crippen molar-refractivity contribution in [3.63, 3.8) is 0 Å². The standard InChI is InChI=1S/C66H44N10/c1-5-20-43(21-6-1)51-41-52(44-22-7-2-8-23-44)68-61(67-51)38-47-28-17-36-59-63(47)71-65-73(55-32-13-15-34-57(55)75(59)65)49-30-19-31-50(40-49)74-56-33-14-16-35-58(56)76-60-37-18-29-48(64(60)72-66(74)76)39-62-69-53(45-24-9-3-10-25-45)42-54(70-62)46-26-11-4-12-27-46/h1-37,40-42H,38-39H2. The number of para-hydroxylation sites is 6. The Morgan fingerprint density at radius 3 is 0.947 bits per heavy atom. The third kappa shape index (κ3) is 7.26. The van der Waals surface area contributed by atoms with Crippen LogP contribution in [0.3, 0.4) is 0 Å². The average molecular weight is 977 g/mol. The highest BCUT2D eigenvalue weighted by Gasteiger charge is 2.23. The summed E-state index contributed by atoms with van der Waals surface area (Å²) in [5, 5.41) is 0. The van der Waals surface area contributed by atoms with E-state index >= 15 is 0 Å². The third-order valence-electron chi connectivity index (χ3n) is 14.5. The Hall–Kier alpha value is -10.3. The summed E-state index contributed by atoms with van der Waals surface area (Å²) in [5.74, 6) is 3.10. The molecular formula is C66H44N10. The first-order valence-corrected chi connectivity index (χ1v) is 25.5. The predicted molar refractivity (Wildman–Crippen MR) is 304 cm³/mol. The Bertz CT molecular complexity index is 4280. The minimum atomic E-state index is 0.504. The van der Waals surface area contributed by atoms with Crippen LogP contribution in [-0.2, 0) is 12.8 Å². The molecule has 76 heavy (non-hydrogen) atoms. The molecule has 0 fully saturated rings. The number of hydrogen-bond acceptors (Lipinski definition) is 6. The number of aromatic nitrogens is 10. The Balaban J connectivity index is 0.855. The molecule has 9 aromatic carbocycles. The van der Waals surface area contributed by atoms with Crippen LogP contribution >= 0.6 is 0 Å². The second-order valence-electron chi connectivity index (χ2n) is 19.2. The maximum absolute atomic E-state index is 5.53. The molecule has 6 heterocycles. The van der Waals surface area contributed by atoms with Gasteiger partial charge < -0.3 is 0 Å². The second kappa shape index (κ2) is 17.7. The molecule has 15 aromatic rings. The van der Waals surface area contributed by atoms with Gasteiger partial charge in [-0.3, -0.25) is 17.9 Å². The van der Waals surface area contributed by atoms with E-state index in [-0.39, 0.29) is 0 Å². The fraction of sp³-hybridized carbons (Fsp3) is 0.0303. The van der Waals surface area contributed by atoms with E-state index in [4.69, 9.17) is 29.9 Å². The van der Waals surface area contributed by atoms with Gasteiger partial charge in [-0.25, -0.2) is 29.9 Å². The maximum atomic E-state index is 5.53. The number of fused-ring (bicyclic) bond motifs is 10. The molecule has 0 radical (unpaired) electrons. The van der Waals surface area contributed by atoms with E-state index < -0.39 is 0 Å². The molecule has 0 atom stereocenters. The predicted octanol–water partition coefficient (Wildman–Crippen LogP) is 14.6. The molecule has 0 unspecified atom stereocenters. The third-order valence-corrected chi connectivity index (χ3v) is 14.5. The minimum absolute atomic E-state index is 0.504. The lowest BCUT2D eigenvalue weighted by atomic mass is 10.1. The summed E-state index contributed by atoms with van der Waals surface area (Å²) in [6, 6.07) is 84.2. The van der Waals surface area contributed by atoms with Crippen LogP contribution in [0.2, 0.25) is 0 Å². The first-order chi connectivity index (χ1) is 37.7. The Labute approximate surface area is 436 Å². The van der Waals surface area contributed by atoms with Crippen molar-refractivity contribution < 1.29 is 0 Å². The fourth-order valence-electron chi connectivity index (χ4n) is 11.1. The van der Waals surface area contributed by atoms with Crippen LogP contribution in [0.25, 0.3) is 112 Å². The van der Waals surface area contributed by atoms with Crippen LogP contribution < -0.4 is 0 Å². The molecule has 10 heteroatoms. The fourth-order valence-corrected chi connectivity index (χ4v) is 11.1. The van der Waals surface area contributed by atoms with E-state index in [1.807, 2.05) is 72.8 Å². The highest BCUT2D eigenvalue weighted by atomic mass is 15.2. The molecule has 0 aliphatic heterocycles. The first kappa shape index (κ1) is 43.3.